The number of hydrogen-bond acceptors (Lipinski definition) is 2. The van der Waals surface area contributed by atoms with Crippen LogP contribution in [0.15, 0.2) is 18.2 Å². The average Bonchev–Trinajstić information content (AvgIpc) is 2.30. The molecule has 0 fully saturated rings. The molecule has 0 bridgehead atoms. The second-order valence-electron chi connectivity index (χ2n) is 4.32. The zero-order chi connectivity index (χ0) is 12.7. The van der Waals surface area contributed by atoms with Crippen LogP contribution in [0.4, 0.5) is 4.39 Å². The molecule has 3 heteroatoms. The van der Waals surface area contributed by atoms with Gasteiger partial charge in [-0.1, -0.05) is 26.7 Å². The molecule has 1 rings (SSSR count). The molecule has 2 nitrogen and oxygen atoms in total. The Hall–Kier alpha value is -1.09. The van der Waals surface area contributed by atoms with Gasteiger partial charge < -0.3 is 10.1 Å². The molecule has 0 unspecified atom stereocenters. The van der Waals surface area contributed by atoms with E-state index < -0.39 is 0 Å². The first-order valence-corrected chi connectivity index (χ1v) is 6.26. The molecule has 1 N–H and O–H groups in total. The average molecular weight is 239 g/mol. The number of hydrogen-bond donors (Lipinski definition) is 1. The van der Waals surface area contributed by atoms with Gasteiger partial charge in [0.1, 0.15) is 11.6 Å². The van der Waals surface area contributed by atoms with Gasteiger partial charge >= 0.3 is 0 Å². The monoisotopic (exact) mass is 239 g/mol. The predicted molar refractivity (Wildman–Crippen MR) is 68.7 cm³/mol. The maximum atomic E-state index is 13.3. The lowest BCUT2D eigenvalue weighted by Crippen LogP contribution is -2.11. The van der Waals surface area contributed by atoms with Gasteiger partial charge in [0.15, 0.2) is 0 Å². The second-order valence-corrected chi connectivity index (χ2v) is 4.32. The van der Waals surface area contributed by atoms with Gasteiger partial charge in [-0.15, -0.1) is 0 Å². The van der Waals surface area contributed by atoms with Gasteiger partial charge in [-0.3, -0.25) is 0 Å². The minimum absolute atomic E-state index is 0.239. The molecule has 1 aromatic carbocycles. The second kappa shape index (κ2) is 7.28. The molecule has 1 aromatic rings. The molecule has 96 valence electrons. The Morgan fingerprint density at radius 1 is 1.24 bits per heavy atom. The van der Waals surface area contributed by atoms with Crippen molar-refractivity contribution < 1.29 is 9.13 Å². The first-order chi connectivity index (χ1) is 8.19. The first-order valence-electron chi connectivity index (χ1n) is 6.26. The molecule has 0 aliphatic rings. The van der Waals surface area contributed by atoms with Crippen LogP contribution in [0.25, 0.3) is 0 Å². The van der Waals surface area contributed by atoms with Crippen LogP contribution in [0.5, 0.6) is 5.75 Å². The smallest absolute Gasteiger partial charge is 0.127 e. The molecule has 0 heterocycles. The summed E-state index contributed by atoms with van der Waals surface area (Å²) in [5.74, 6) is 0.936. The summed E-state index contributed by atoms with van der Waals surface area (Å²) >= 11 is 0. The summed E-state index contributed by atoms with van der Waals surface area (Å²) in [6, 6.07) is 4.87. The van der Waals surface area contributed by atoms with Crippen LogP contribution < -0.4 is 10.1 Å². The third kappa shape index (κ3) is 4.73. The summed E-state index contributed by atoms with van der Waals surface area (Å²) in [6.45, 7) is 5.61. The molecular formula is C14H22FNO. The van der Waals surface area contributed by atoms with Crippen molar-refractivity contribution in [2.75, 3.05) is 13.7 Å². The van der Waals surface area contributed by atoms with E-state index in [1.54, 1.807) is 0 Å². The summed E-state index contributed by atoms with van der Waals surface area (Å²) in [4.78, 5) is 0. The fourth-order valence-corrected chi connectivity index (χ4v) is 1.75. The van der Waals surface area contributed by atoms with Crippen LogP contribution >= 0.6 is 0 Å². The number of halogens is 1. The Bertz CT molecular complexity index is 337. The van der Waals surface area contributed by atoms with E-state index >= 15 is 0 Å². The van der Waals surface area contributed by atoms with Crippen molar-refractivity contribution >= 4 is 0 Å². The van der Waals surface area contributed by atoms with Gasteiger partial charge in [-0.2, -0.15) is 0 Å². The van der Waals surface area contributed by atoms with Crippen molar-refractivity contribution in [2.45, 2.75) is 33.2 Å². The van der Waals surface area contributed by atoms with Crippen molar-refractivity contribution in [3.63, 3.8) is 0 Å². The molecule has 0 saturated heterocycles. The van der Waals surface area contributed by atoms with Crippen LogP contribution in [-0.4, -0.2) is 13.7 Å². The maximum absolute atomic E-state index is 13.3. The van der Waals surface area contributed by atoms with E-state index in [0.29, 0.717) is 24.8 Å². The van der Waals surface area contributed by atoms with Crippen molar-refractivity contribution in [3.8, 4) is 5.75 Å². The fraction of sp³-hybridized carbons (Fsp3) is 0.571. The molecule has 0 aromatic heterocycles. The van der Waals surface area contributed by atoms with Crippen LogP contribution in [0, 0.1) is 11.7 Å². The largest absolute Gasteiger partial charge is 0.493 e. The van der Waals surface area contributed by atoms with E-state index in [-0.39, 0.29) is 5.82 Å². The zero-order valence-electron chi connectivity index (χ0n) is 10.9. The Balaban J connectivity index is 2.63. The van der Waals surface area contributed by atoms with Crippen LogP contribution in [0.1, 0.15) is 32.3 Å². The molecule has 0 amide bonds. The number of nitrogens with one attached hydrogen (secondary N) is 1. The molecule has 0 aliphatic heterocycles. The Labute approximate surface area is 103 Å². The van der Waals surface area contributed by atoms with Gasteiger partial charge in [0, 0.05) is 12.6 Å². The summed E-state index contributed by atoms with van der Waals surface area (Å²) < 4.78 is 19.0. The number of rotatable bonds is 7. The highest BCUT2D eigenvalue weighted by molar-refractivity contribution is 5.29. The number of ether oxygens (including phenoxy) is 1. The minimum Gasteiger partial charge on any atom is -0.493 e. The van der Waals surface area contributed by atoms with Crippen molar-refractivity contribution in [3.05, 3.63) is 29.6 Å². The lowest BCUT2D eigenvalue weighted by molar-refractivity contribution is 0.239. The number of benzene rings is 1. The van der Waals surface area contributed by atoms with E-state index in [0.717, 1.165) is 18.4 Å². The van der Waals surface area contributed by atoms with Crippen LogP contribution in [-0.2, 0) is 6.54 Å². The Morgan fingerprint density at radius 3 is 2.53 bits per heavy atom. The van der Waals surface area contributed by atoms with E-state index in [9.17, 15) is 4.39 Å². The highest BCUT2D eigenvalue weighted by Crippen LogP contribution is 2.18. The van der Waals surface area contributed by atoms with E-state index in [1.165, 1.54) is 12.1 Å². The summed E-state index contributed by atoms with van der Waals surface area (Å²) in [5.41, 5.74) is 0.909. The molecule has 0 radical (unpaired) electrons. The van der Waals surface area contributed by atoms with Gasteiger partial charge in [-0.05, 0) is 30.7 Å². The van der Waals surface area contributed by atoms with Crippen molar-refractivity contribution in [1.29, 1.82) is 0 Å². The van der Waals surface area contributed by atoms with E-state index in [2.05, 4.69) is 19.2 Å². The lowest BCUT2D eigenvalue weighted by Gasteiger charge is -2.14. The molecule has 0 atom stereocenters. The fourth-order valence-electron chi connectivity index (χ4n) is 1.75. The van der Waals surface area contributed by atoms with Gasteiger partial charge in [-0.25, -0.2) is 4.39 Å². The van der Waals surface area contributed by atoms with Crippen LogP contribution in [0.3, 0.4) is 0 Å². The Morgan fingerprint density at radius 2 is 1.94 bits per heavy atom. The highest BCUT2D eigenvalue weighted by Gasteiger charge is 2.06. The van der Waals surface area contributed by atoms with E-state index in [4.69, 9.17) is 4.74 Å². The molecular weight excluding hydrogens is 217 g/mol. The normalized spacial score (nSPS) is 10.9. The van der Waals surface area contributed by atoms with Crippen LogP contribution in [0.2, 0.25) is 0 Å². The standard InChI is InChI=1S/C14H22FNO/c1-4-11(5-2)10-17-14-7-12(9-16-3)6-13(15)8-14/h6-8,11,16H,4-5,9-10H2,1-3H3. The molecule has 17 heavy (non-hydrogen) atoms. The SMILES string of the molecule is CCC(CC)COc1cc(F)cc(CNC)c1. The van der Waals surface area contributed by atoms with Gasteiger partial charge in [0.05, 0.1) is 6.61 Å². The van der Waals surface area contributed by atoms with Crippen molar-refractivity contribution in [2.24, 2.45) is 5.92 Å². The zero-order valence-corrected chi connectivity index (χ0v) is 10.9. The van der Waals surface area contributed by atoms with E-state index in [1.807, 2.05) is 13.1 Å². The highest BCUT2D eigenvalue weighted by atomic mass is 19.1. The quantitative estimate of drug-likeness (QED) is 0.787. The summed E-state index contributed by atoms with van der Waals surface area (Å²) in [5, 5.41) is 3.00. The third-order valence-electron chi connectivity index (χ3n) is 2.95. The van der Waals surface area contributed by atoms with Crippen molar-refractivity contribution in [1.82, 2.24) is 5.32 Å². The minimum atomic E-state index is -0.239. The summed E-state index contributed by atoms with van der Waals surface area (Å²) in [6.07, 6.45) is 2.18. The Kier molecular flexibility index (Phi) is 5.98. The topological polar surface area (TPSA) is 21.3 Å². The van der Waals surface area contributed by atoms with Gasteiger partial charge in [0.25, 0.3) is 0 Å². The molecule has 0 saturated carbocycles. The molecule has 0 spiro atoms. The summed E-state index contributed by atoms with van der Waals surface area (Å²) in [7, 11) is 1.84. The first kappa shape index (κ1) is 14.0. The molecule has 0 aliphatic carbocycles. The van der Waals surface area contributed by atoms with Gasteiger partial charge in [0.2, 0.25) is 0 Å². The lowest BCUT2D eigenvalue weighted by atomic mass is 10.1. The third-order valence-corrected chi connectivity index (χ3v) is 2.95. The maximum Gasteiger partial charge on any atom is 0.127 e. The predicted octanol–water partition coefficient (Wildman–Crippen LogP) is 3.36.